The molecule has 1 atom stereocenters. The molecule has 0 spiro atoms. The number of nitrogens with one attached hydrogen (secondary N) is 2. The number of rotatable bonds is 11. The lowest BCUT2D eigenvalue weighted by Crippen LogP contribution is -2.28. The Labute approximate surface area is 224 Å². The molecule has 0 bridgehead atoms. The first-order valence-corrected chi connectivity index (χ1v) is 13.0. The topological polar surface area (TPSA) is 102 Å². The van der Waals surface area contributed by atoms with Crippen LogP contribution in [0.4, 0.5) is 0 Å². The van der Waals surface area contributed by atoms with Gasteiger partial charge in [-0.15, -0.1) is 0 Å². The minimum atomic E-state index is -1.01. The number of H-pyrrole nitrogens is 1. The molecule has 9 heteroatoms. The Morgan fingerprint density at radius 1 is 1.11 bits per heavy atom. The highest BCUT2D eigenvalue weighted by molar-refractivity contribution is 5.83. The molecule has 0 saturated heterocycles. The summed E-state index contributed by atoms with van der Waals surface area (Å²) in [6.45, 7) is 8.98. The van der Waals surface area contributed by atoms with E-state index < -0.39 is 6.23 Å². The molecule has 0 radical (unpaired) electrons. The lowest BCUT2D eigenvalue weighted by molar-refractivity contribution is 0.138. The fourth-order valence-corrected chi connectivity index (χ4v) is 4.44. The standard InChI is InChI=1S/C29H39N7O2/c1-19(2)36-27-25(17-31-36)24(29(38)30-16-23-11-10-20(3)32-28(23)37)15-26(33-27)22-9-7-8-21(14-22)18-35(6)13-12-34(4)5/h7-11,14-15,17,19,29-30,38H,12-13,16,18H2,1-6H3,(H,32,37). The summed E-state index contributed by atoms with van der Waals surface area (Å²) >= 11 is 0. The highest BCUT2D eigenvalue weighted by atomic mass is 16.3. The third-order valence-corrected chi connectivity index (χ3v) is 6.61. The lowest BCUT2D eigenvalue weighted by Gasteiger charge is -2.20. The van der Waals surface area contributed by atoms with Crippen LogP contribution in [-0.4, -0.2) is 68.9 Å². The Hall–Kier alpha value is -3.37. The number of aliphatic hydroxyl groups excluding tert-OH is 1. The summed E-state index contributed by atoms with van der Waals surface area (Å²) in [5.74, 6) is 0. The molecule has 202 valence electrons. The van der Waals surface area contributed by atoms with Crippen molar-refractivity contribution in [3.63, 3.8) is 0 Å². The van der Waals surface area contributed by atoms with E-state index in [1.807, 2.05) is 35.9 Å². The number of fused-ring (bicyclic) bond motifs is 1. The van der Waals surface area contributed by atoms with Crippen molar-refractivity contribution in [1.82, 2.24) is 34.9 Å². The van der Waals surface area contributed by atoms with Crippen molar-refractivity contribution >= 4 is 11.0 Å². The normalized spacial score (nSPS) is 12.8. The number of pyridine rings is 2. The molecule has 38 heavy (non-hydrogen) atoms. The van der Waals surface area contributed by atoms with Crippen molar-refractivity contribution in [3.05, 3.63) is 81.4 Å². The van der Waals surface area contributed by atoms with Gasteiger partial charge in [-0.05, 0) is 65.7 Å². The second-order valence-corrected chi connectivity index (χ2v) is 10.5. The average Bonchev–Trinajstić information content (AvgIpc) is 3.31. The molecule has 1 unspecified atom stereocenters. The summed E-state index contributed by atoms with van der Waals surface area (Å²) in [5, 5.41) is 19.7. The van der Waals surface area contributed by atoms with Crippen LogP contribution in [0.2, 0.25) is 0 Å². The average molecular weight is 518 g/mol. The molecular formula is C29H39N7O2. The van der Waals surface area contributed by atoms with Crippen molar-refractivity contribution in [2.75, 3.05) is 34.2 Å². The highest BCUT2D eigenvalue weighted by Crippen LogP contribution is 2.30. The van der Waals surface area contributed by atoms with Gasteiger partial charge in [-0.1, -0.05) is 24.3 Å². The summed E-state index contributed by atoms with van der Waals surface area (Å²) < 4.78 is 1.87. The molecule has 0 aliphatic rings. The first-order valence-electron chi connectivity index (χ1n) is 13.0. The van der Waals surface area contributed by atoms with Crippen LogP contribution in [-0.2, 0) is 13.1 Å². The van der Waals surface area contributed by atoms with Gasteiger partial charge in [-0.2, -0.15) is 5.10 Å². The minimum absolute atomic E-state index is 0.107. The monoisotopic (exact) mass is 517 g/mol. The van der Waals surface area contributed by atoms with Gasteiger partial charge in [-0.3, -0.25) is 10.1 Å². The number of benzene rings is 1. The van der Waals surface area contributed by atoms with Crippen LogP contribution in [0.25, 0.3) is 22.3 Å². The van der Waals surface area contributed by atoms with Crippen molar-refractivity contribution in [2.45, 2.75) is 46.1 Å². The quantitative estimate of drug-likeness (QED) is 0.262. The lowest BCUT2D eigenvalue weighted by atomic mass is 10.0. The van der Waals surface area contributed by atoms with Gasteiger partial charge in [0.05, 0.1) is 11.9 Å². The van der Waals surface area contributed by atoms with Crippen LogP contribution in [0.5, 0.6) is 0 Å². The van der Waals surface area contributed by atoms with Gasteiger partial charge in [0, 0.05) is 60.0 Å². The molecule has 3 heterocycles. The molecule has 0 amide bonds. The zero-order chi connectivity index (χ0) is 27.4. The second-order valence-electron chi connectivity index (χ2n) is 10.5. The fraction of sp³-hybridized carbons (Fsp3) is 0.414. The van der Waals surface area contributed by atoms with Gasteiger partial charge in [0.25, 0.3) is 5.56 Å². The van der Waals surface area contributed by atoms with E-state index in [4.69, 9.17) is 4.98 Å². The van der Waals surface area contributed by atoms with Crippen molar-refractivity contribution < 1.29 is 5.11 Å². The number of aromatic amines is 1. The molecule has 4 rings (SSSR count). The van der Waals surface area contributed by atoms with Crippen LogP contribution in [0, 0.1) is 6.92 Å². The third-order valence-electron chi connectivity index (χ3n) is 6.61. The van der Waals surface area contributed by atoms with Gasteiger partial charge in [-0.25, -0.2) is 9.67 Å². The van der Waals surface area contributed by atoms with E-state index >= 15 is 0 Å². The first kappa shape index (κ1) is 27.7. The molecular weight excluding hydrogens is 478 g/mol. The Bertz CT molecular complexity index is 1440. The summed E-state index contributed by atoms with van der Waals surface area (Å²) in [6, 6.07) is 14.0. The number of likely N-dealkylation sites (N-methyl/N-ethyl adjacent to an activating group) is 2. The molecule has 0 aliphatic heterocycles. The van der Waals surface area contributed by atoms with Crippen LogP contribution in [0.3, 0.4) is 0 Å². The molecule has 0 fully saturated rings. The molecule has 3 aromatic heterocycles. The second kappa shape index (κ2) is 12.0. The zero-order valence-corrected chi connectivity index (χ0v) is 23.2. The maximum Gasteiger partial charge on any atom is 0.252 e. The molecule has 0 saturated carbocycles. The number of aryl methyl sites for hydroxylation is 1. The van der Waals surface area contributed by atoms with Gasteiger partial charge >= 0.3 is 0 Å². The molecule has 4 aromatic rings. The number of aromatic nitrogens is 4. The van der Waals surface area contributed by atoms with E-state index in [9.17, 15) is 9.90 Å². The predicted octanol–water partition coefficient (Wildman–Crippen LogP) is 3.45. The molecule has 0 aliphatic carbocycles. The summed E-state index contributed by atoms with van der Waals surface area (Å²) in [7, 11) is 6.29. The van der Waals surface area contributed by atoms with Gasteiger partial charge in [0.1, 0.15) is 6.23 Å². The van der Waals surface area contributed by atoms with E-state index in [0.29, 0.717) is 11.1 Å². The third kappa shape index (κ3) is 6.54. The maximum atomic E-state index is 12.3. The summed E-state index contributed by atoms with van der Waals surface area (Å²) in [6.07, 6.45) is 0.742. The minimum Gasteiger partial charge on any atom is -0.374 e. The number of hydrogen-bond acceptors (Lipinski definition) is 7. The maximum absolute atomic E-state index is 12.3. The zero-order valence-electron chi connectivity index (χ0n) is 23.2. The van der Waals surface area contributed by atoms with Crippen LogP contribution in [0.15, 0.2) is 53.5 Å². The van der Waals surface area contributed by atoms with Gasteiger partial charge in [0.2, 0.25) is 0 Å². The van der Waals surface area contributed by atoms with Gasteiger partial charge < -0.3 is 19.9 Å². The van der Waals surface area contributed by atoms with Gasteiger partial charge in [0.15, 0.2) is 5.65 Å². The van der Waals surface area contributed by atoms with E-state index in [-0.39, 0.29) is 18.1 Å². The van der Waals surface area contributed by atoms with E-state index in [0.717, 1.165) is 47.6 Å². The van der Waals surface area contributed by atoms with E-state index in [2.05, 4.69) is 72.3 Å². The Balaban J connectivity index is 1.66. The van der Waals surface area contributed by atoms with Crippen molar-refractivity contribution in [1.29, 1.82) is 0 Å². The molecule has 1 aromatic carbocycles. The number of aliphatic hydroxyl groups is 1. The van der Waals surface area contributed by atoms with E-state index in [1.165, 1.54) is 5.56 Å². The predicted molar refractivity (Wildman–Crippen MR) is 152 cm³/mol. The Morgan fingerprint density at radius 2 is 1.89 bits per heavy atom. The van der Waals surface area contributed by atoms with Crippen LogP contribution >= 0.6 is 0 Å². The van der Waals surface area contributed by atoms with Crippen molar-refractivity contribution in [2.24, 2.45) is 0 Å². The van der Waals surface area contributed by atoms with Crippen LogP contribution in [0.1, 0.15) is 48.5 Å². The smallest absolute Gasteiger partial charge is 0.252 e. The van der Waals surface area contributed by atoms with Crippen molar-refractivity contribution in [3.8, 4) is 11.3 Å². The number of hydrogen-bond donors (Lipinski definition) is 3. The Kier molecular flexibility index (Phi) is 8.73. The SMILES string of the molecule is Cc1ccc(CNC(O)c2cc(-c3cccc(CN(C)CCN(C)C)c3)nc3c2cnn3C(C)C)c(=O)[nH]1. The fourth-order valence-electron chi connectivity index (χ4n) is 4.44. The molecule has 3 N–H and O–H groups in total. The Morgan fingerprint density at radius 3 is 2.61 bits per heavy atom. The largest absolute Gasteiger partial charge is 0.374 e. The highest BCUT2D eigenvalue weighted by Gasteiger charge is 2.19. The van der Waals surface area contributed by atoms with Crippen LogP contribution < -0.4 is 10.9 Å². The summed E-state index contributed by atoms with van der Waals surface area (Å²) in [5.41, 5.74) is 5.53. The van der Waals surface area contributed by atoms with E-state index in [1.54, 1.807) is 12.3 Å². The first-order chi connectivity index (χ1) is 18.1. The number of nitrogens with zero attached hydrogens (tertiary/aromatic N) is 5. The summed E-state index contributed by atoms with van der Waals surface area (Å²) in [4.78, 5) is 24.6. The molecule has 9 nitrogen and oxygen atoms in total.